The normalized spacial score (nSPS) is 12.4. The molecule has 0 aliphatic rings. The first-order chi connectivity index (χ1) is 8.65. The fourth-order valence-electron chi connectivity index (χ4n) is 2.05. The molecular weight excluding hydrogens is 251 g/mol. The number of hydrogen-bond acceptors (Lipinski definition) is 2. The molecule has 0 radical (unpaired) electrons. The highest BCUT2D eigenvalue weighted by Gasteiger charge is 2.24. The summed E-state index contributed by atoms with van der Waals surface area (Å²) in [5.41, 5.74) is 0.295. The lowest BCUT2D eigenvalue weighted by Gasteiger charge is -2.27. The summed E-state index contributed by atoms with van der Waals surface area (Å²) >= 11 is 6.03. The van der Waals surface area contributed by atoms with Gasteiger partial charge < -0.3 is 0 Å². The zero-order chi connectivity index (χ0) is 13.5. The van der Waals surface area contributed by atoms with Gasteiger partial charge >= 0.3 is 0 Å². The van der Waals surface area contributed by atoms with Crippen LogP contribution in [0.5, 0.6) is 0 Å². The third-order valence-corrected chi connectivity index (χ3v) is 3.11. The van der Waals surface area contributed by atoms with Crippen LogP contribution < -0.4 is 0 Å². The van der Waals surface area contributed by atoms with Crippen LogP contribution >= 0.6 is 11.6 Å². The van der Waals surface area contributed by atoms with Crippen molar-refractivity contribution in [3.63, 3.8) is 0 Å². The van der Waals surface area contributed by atoms with Crippen molar-refractivity contribution in [2.45, 2.75) is 32.7 Å². The summed E-state index contributed by atoms with van der Waals surface area (Å²) < 4.78 is 13.9. The Morgan fingerprint density at radius 1 is 1.33 bits per heavy atom. The predicted octanol–water partition coefficient (Wildman–Crippen LogP) is 4.17. The molecule has 0 saturated heterocycles. The van der Waals surface area contributed by atoms with Crippen LogP contribution in [0.1, 0.15) is 38.3 Å². The molecule has 98 valence electrons. The van der Waals surface area contributed by atoms with E-state index in [0.29, 0.717) is 10.6 Å². The SMILES string of the molecule is CCCN(CCC)C(C#N)c1c(F)cccc1Cl. The minimum atomic E-state index is -0.612. The molecule has 0 aromatic heterocycles. The number of nitrogens with zero attached hydrogens (tertiary/aromatic N) is 2. The lowest BCUT2D eigenvalue weighted by molar-refractivity contribution is 0.233. The van der Waals surface area contributed by atoms with Gasteiger partial charge in [0.05, 0.1) is 6.07 Å². The van der Waals surface area contributed by atoms with Gasteiger partial charge in [0.2, 0.25) is 0 Å². The molecule has 1 unspecified atom stereocenters. The van der Waals surface area contributed by atoms with Crippen molar-refractivity contribution in [2.75, 3.05) is 13.1 Å². The highest BCUT2D eigenvalue weighted by atomic mass is 35.5. The molecule has 4 heteroatoms. The van der Waals surface area contributed by atoms with Gasteiger partial charge in [-0.3, -0.25) is 4.90 Å². The summed E-state index contributed by atoms with van der Waals surface area (Å²) in [6.45, 7) is 5.60. The lowest BCUT2D eigenvalue weighted by atomic mass is 10.0. The third kappa shape index (κ3) is 3.44. The maximum absolute atomic E-state index is 13.9. The quantitative estimate of drug-likeness (QED) is 0.774. The van der Waals surface area contributed by atoms with E-state index in [9.17, 15) is 9.65 Å². The average molecular weight is 269 g/mol. The minimum Gasteiger partial charge on any atom is -0.284 e. The van der Waals surface area contributed by atoms with E-state index >= 15 is 0 Å². The Kier molecular flexibility index (Phi) is 6.11. The van der Waals surface area contributed by atoms with Crippen molar-refractivity contribution in [3.8, 4) is 6.07 Å². The smallest absolute Gasteiger partial charge is 0.130 e. The van der Waals surface area contributed by atoms with Crippen molar-refractivity contribution in [1.82, 2.24) is 4.90 Å². The van der Waals surface area contributed by atoms with Crippen molar-refractivity contribution in [3.05, 3.63) is 34.6 Å². The highest BCUT2D eigenvalue weighted by molar-refractivity contribution is 6.31. The molecule has 0 bridgehead atoms. The zero-order valence-corrected chi connectivity index (χ0v) is 11.5. The molecule has 0 N–H and O–H groups in total. The summed E-state index contributed by atoms with van der Waals surface area (Å²) in [5, 5.41) is 9.65. The summed E-state index contributed by atoms with van der Waals surface area (Å²) in [5.74, 6) is -0.411. The minimum absolute atomic E-state index is 0.295. The molecule has 0 amide bonds. The second-order valence-electron chi connectivity index (χ2n) is 4.20. The van der Waals surface area contributed by atoms with E-state index in [1.54, 1.807) is 12.1 Å². The maximum atomic E-state index is 13.9. The summed E-state index contributed by atoms with van der Waals surface area (Å²) in [6.07, 6.45) is 1.84. The van der Waals surface area contributed by atoms with Crippen molar-refractivity contribution >= 4 is 11.6 Å². The van der Waals surface area contributed by atoms with Gasteiger partial charge in [-0.05, 0) is 38.1 Å². The van der Waals surface area contributed by atoms with Crippen LogP contribution in [0.25, 0.3) is 0 Å². The van der Waals surface area contributed by atoms with Crippen molar-refractivity contribution in [2.24, 2.45) is 0 Å². The fourth-order valence-corrected chi connectivity index (χ4v) is 2.31. The largest absolute Gasteiger partial charge is 0.284 e. The van der Waals surface area contributed by atoms with Gasteiger partial charge in [0.15, 0.2) is 0 Å². The number of hydrogen-bond donors (Lipinski definition) is 0. The van der Waals surface area contributed by atoms with Crippen LogP contribution in [-0.2, 0) is 0 Å². The Morgan fingerprint density at radius 2 is 1.94 bits per heavy atom. The zero-order valence-electron chi connectivity index (χ0n) is 10.8. The van der Waals surface area contributed by atoms with Crippen molar-refractivity contribution < 1.29 is 4.39 Å². The lowest BCUT2D eigenvalue weighted by Crippen LogP contribution is -2.30. The standard InChI is InChI=1S/C14H18ClFN2/c1-3-8-18(9-4-2)13(10-17)14-11(15)6-5-7-12(14)16/h5-7,13H,3-4,8-9H2,1-2H3. The molecule has 1 aromatic rings. The molecule has 0 fully saturated rings. The number of halogens is 2. The Balaban J connectivity index is 3.11. The van der Waals surface area contributed by atoms with Gasteiger partial charge in [-0.1, -0.05) is 31.5 Å². The molecule has 1 atom stereocenters. The molecular formula is C14H18ClFN2. The number of nitriles is 1. The second-order valence-corrected chi connectivity index (χ2v) is 4.61. The predicted molar refractivity (Wildman–Crippen MR) is 71.9 cm³/mol. The highest BCUT2D eigenvalue weighted by Crippen LogP contribution is 2.29. The summed E-state index contributed by atoms with van der Waals surface area (Å²) in [4.78, 5) is 1.98. The van der Waals surface area contributed by atoms with Crippen LogP contribution in [0, 0.1) is 17.1 Å². The average Bonchev–Trinajstić information content (AvgIpc) is 2.34. The van der Waals surface area contributed by atoms with Gasteiger partial charge in [-0.25, -0.2) is 4.39 Å². The van der Waals surface area contributed by atoms with Crippen molar-refractivity contribution in [1.29, 1.82) is 5.26 Å². The first kappa shape index (κ1) is 14.9. The van der Waals surface area contributed by atoms with Crippen LogP contribution in [0.4, 0.5) is 4.39 Å². The Labute approximate surface area is 113 Å². The van der Waals surface area contributed by atoms with E-state index in [1.165, 1.54) is 6.07 Å². The molecule has 1 aromatic carbocycles. The Hall–Kier alpha value is -1.11. The van der Waals surface area contributed by atoms with E-state index in [2.05, 4.69) is 6.07 Å². The number of benzene rings is 1. The molecule has 0 heterocycles. The van der Waals surface area contributed by atoms with Crippen LogP contribution in [0.3, 0.4) is 0 Å². The molecule has 0 spiro atoms. The summed E-state index contributed by atoms with van der Waals surface area (Å²) in [7, 11) is 0. The molecule has 0 aliphatic carbocycles. The monoisotopic (exact) mass is 268 g/mol. The molecule has 0 aliphatic heterocycles. The van der Waals surface area contributed by atoms with Crippen LogP contribution in [0.2, 0.25) is 5.02 Å². The van der Waals surface area contributed by atoms with E-state index in [0.717, 1.165) is 25.9 Å². The Morgan fingerprint density at radius 3 is 2.39 bits per heavy atom. The van der Waals surface area contributed by atoms with Crippen LogP contribution in [0.15, 0.2) is 18.2 Å². The van der Waals surface area contributed by atoms with E-state index in [-0.39, 0.29) is 0 Å². The molecule has 1 rings (SSSR count). The third-order valence-electron chi connectivity index (χ3n) is 2.78. The van der Waals surface area contributed by atoms with E-state index in [4.69, 9.17) is 11.6 Å². The first-order valence-electron chi connectivity index (χ1n) is 6.23. The van der Waals surface area contributed by atoms with E-state index < -0.39 is 11.9 Å². The fraction of sp³-hybridized carbons (Fsp3) is 0.500. The molecule has 2 nitrogen and oxygen atoms in total. The molecule has 0 saturated carbocycles. The topological polar surface area (TPSA) is 27.0 Å². The van der Waals surface area contributed by atoms with Crippen LogP contribution in [-0.4, -0.2) is 18.0 Å². The second kappa shape index (κ2) is 7.35. The van der Waals surface area contributed by atoms with Gasteiger partial charge in [0.1, 0.15) is 11.9 Å². The van der Waals surface area contributed by atoms with Gasteiger partial charge in [-0.2, -0.15) is 5.26 Å². The first-order valence-corrected chi connectivity index (χ1v) is 6.61. The molecule has 18 heavy (non-hydrogen) atoms. The number of rotatable bonds is 6. The van der Waals surface area contributed by atoms with Gasteiger partial charge in [0.25, 0.3) is 0 Å². The van der Waals surface area contributed by atoms with Gasteiger partial charge in [0, 0.05) is 10.6 Å². The maximum Gasteiger partial charge on any atom is 0.130 e. The Bertz CT molecular complexity index is 402. The summed E-state index contributed by atoms with van der Waals surface area (Å²) in [6, 6.07) is 6.09. The van der Waals surface area contributed by atoms with E-state index in [1.807, 2.05) is 18.7 Å². The van der Waals surface area contributed by atoms with Gasteiger partial charge in [-0.15, -0.1) is 0 Å².